The molecule has 0 saturated carbocycles. The number of nitrogens with zero attached hydrogens (tertiary/aromatic N) is 3. The number of H-pyrrole nitrogens is 3. The third-order valence-corrected chi connectivity index (χ3v) is 6.69. The number of aromatic amines is 3. The molecule has 3 N–H and O–H groups in total. The van der Waals surface area contributed by atoms with E-state index in [4.69, 9.17) is 14.7 Å². The predicted molar refractivity (Wildman–Crippen MR) is 147 cm³/mol. The number of aromatic nitrogens is 6. The van der Waals surface area contributed by atoms with Crippen LogP contribution in [0.2, 0.25) is 0 Å². The van der Waals surface area contributed by atoms with Crippen molar-refractivity contribution in [1.29, 1.82) is 0 Å². The van der Waals surface area contributed by atoms with Gasteiger partial charge in [0.1, 0.15) is 17.5 Å². The van der Waals surface area contributed by atoms with Crippen molar-refractivity contribution in [1.82, 2.24) is 29.9 Å². The average Bonchev–Trinajstić information content (AvgIpc) is 3.67. The Morgan fingerprint density at radius 2 is 1.11 bits per heavy atom. The van der Waals surface area contributed by atoms with E-state index in [9.17, 15) is 0 Å². The van der Waals surface area contributed by atoms with Crippen LogP contribution in [0.3, 0.4) is 0 Å². The van der Waals surface area contributed by atoms with Gasteiger partial charge in [-0.2, -0.15) is 0 Å². The fraction of sp³-hybridized carbons (Fsp3) is 0.100. The molecule has 3 heterocycles. The van der Waals surface area contributed by atoms with Crippen LogP contribution in [0.4, 0.5) is 0 Å². The Hall–Kier alpha value is -4.75. The second-order valence-electron chi connectivity index (χ2n) is 9.16. The van der Waals surface area contributed by atoms with Crippen molar-refractivity contribution in [3.05, 3.63) is 90.8 Å². The van der Waals surface area contributed by atoms with Crippen molar-refractivity contribution in [2.24, 2.45) is 0 Å². The second kappa shape index (κ2) is 8.72. The van der Waals surface area contributed by atoms with Crippen LogP contribution in [-0.2, 0) is 11.2 Å². The molecular weight excluding hydrogens is 460 g/mol. The minimum Gasteiger partial charge on any atom is -0.384 e. The molecule has 4 aromatic carbocycles. The fourth-order valence-corrected chi connectivity index (χ4v) is 4.78. The molecule has 7 heteroatoms. The highest BCUT2D eigenvalue weighted by Crippen LogP contribution is 2.29. The first kappa shape index (κ1) is 21.5. The Kier molecular flexibility index (Phi) is 5.08. The molecule has 0 bridgehead atoms. The van der Waals surface area contributed by atoms with Crippen LogP contribution in [-0.4, -0.2) is 43.6 Å². The first-order valence-corrected chi connectivity index (χ1v) is 12.3. The van der Waals surface area contributed by atoms with E-state index < -0.39 is 0 Å². The van der Waals surface area contributed by atoms with Gasteiger partial charge >= 0.3 is 0 Å². The van der Waals surface area contributed by atoms with Crippen LogP contribution in [0, 0.1) is 0 Å². The minimum atomic E-state index is 0.637. The van der Waals surface area contributed by atoms with Gasteiger partial charge in [-0.3, -0.25) is 0 Å². The summed E-state index contributed by atoms with van der Waals surface area (Å²) in [5, 5.41) is 0. The van der Waals surface area contributed by atoms with Gasteiger partial charge < -0.3 is 19.7 Å². The molecule has 0 aliphatic carbocycles. The third kappa shape index (κ3) is 3.95. The molecule has 180 valence electrons. The zero-order valence-electron chi connectivity index (χ0n) is 20.2. The van der Waals surface area contributed by atoms with Crippen LogP contribution in [0.1, 0.15) is 5.82 Å². The normalized spacial score (nSPS) is 11.7. The Bertz CT molecular complexity index is 1880. The van der Waals surface area contributed by atoms with Crippen molar-refractivity contribution < 1.29 is 4.74 Å². The summed E-state index contributed by atoms with van der Waals surface area (Å²) < 4.78 is 5.17. The quantitative estimate of drug-likeness (QED) is 0.251. The lowest BCUT2D eigenvalue weighted by molar-refractivity contribution is 0.201. The smallest absolute Gasteiger partial charge is 0.138 e. The maximum atomic E-state index is 5.17. The number of ether oxygens (including phenoxy) is 1. The number of hydrogen-bond acceptors (Lipinski definition) is 4. The lowest BCUT2D eigenvalue weighted by atomic mass is 10.1. The minimum absolute atomic E-state index is 0.637. The number of hydrogen-bond donors (Lipinski definition) is 3. The number of rotatable bonds is 6. The van der Waals surface area contributed by atoms with Gasteiger partial charge in [0.15, 0.2) is 0 Å². The number of fused-ring (bicyclic) bond motifs is 3. The van der Waals surface area contributed by atoms with Gasteiger partial charge in [-0.25, -0.2) is 15.0 Å². The molecule has 0 atom stereocenters. The maximum Gasteiger partial charge on any atom is 0.138 e. The lowest BCUT2D eigenvalue weighted by Gasteiger charge is -2.00. The summed E-state index contributed by atoms with van der Waals surface area (Å²) in [5.41, 5.74) is 10.1. The van der Waals surface area contributed by atoms with Crippen LogP contribution in [0.25, 0.3) is 67.0 Å². The molecule has 0 amide bonds. The summed E-state index contributed by atoms with van der Waals surface area (Å²) in [5.74, 6) is 2.57. The predicted octanol–water partition coefficient (Wildman–Crippen LogP) is 6.51. The summed E-state index contributed by atoms with van der Waals surface area (Å²) >= 11 is 0. The summed E-state index contributed by atoms with van der Waals surface area (Å²) in [6.07, 6.45) is 0.753. The molecule has 3 aromatic heterocycles. The monoisotopic (exact) mass is 484 g/mol. The van der Waals surface area contributed by atoms with E-state index in [1.165, 1.54) is 5.56 Å². The standard InChI is InChI=1S/C30H24N6O/c1-37-14-13-28-31-22-11-8-20(16-25(22)32-28)29-34-24-12-9-21(17-27(24)36-29)30-33-23-10-7-19(15-26(23)35-30)18-5-3-2-4-6-18/h2-12,15-17H,13-14H2,1H3,(H,31,32)(H,33,35)(H,34,36). The lowest BCUT2D eigenvalue weighted by Crippen LogP contribution is -1.95. The highest BCUT2D eigenvalue weighted by Gasteiger charge is 2.12. The SMILES string of the molecule is COCCc1nc2ccc(-c3nc4ccc(-c5nc6ccc(-c7ccccc7)cc6[nH]5)cc4[nH]3)cc2[nH]1. The van der Waals surface area contributed by atoms with Crippen molar-refractivity contribution in [2.75, 3.05) is 13.7 Å². The van der Waals surface area contributed by atoms with Gasteiger partial charge in [0, 0.05) is 24.7 Å². The maximum absolute atomic E-state index is 5.17. The van der Waals surface area contributed by atoms with Gasteiger partial charge in [0.25, 0.3) is 0 Å². The van der Waals surface area contributed by atoms with E-state index in [0.29, 0.717) is 6.61 Å². The van der Waals surface area contributed by atoms with Gasteiger partial charge in [0.05, 0.1) is 39.7 Å². The molecule has 0 aliphatic heterocycles. The first-order chi connectivity index (χ1) is 18.2. The highest BCUT2D eigenvalue weighted by atomic mass is 16.5. The van der Waals surface area contributed by atoms with Crippen LogP contribution in [0.5, 0.6) is 0 Å². The van der Waals surface area contributed by atoms with E-state index in [-0.39, 0.29) is 0 Å². The molecule has 0 spiro atoms. The first-order valence-electron chi connectivity index (χ1n) is 12.3. The van der Waals surface area contributed by atoms with E-state index >= 15 is 0 Å². The Morgan fingerprint density at radius 3 is 1.73 bits per heavy atom. The van der Waals surface area contributed by atoms with E-state index in [0.717, 1.165) is 73.7 Å². The average molecular weight is 485 g/mol. The molecule has 7 aromatic rings. The summed E-state index contributed by atoms with van der Waals surface area (Å²) in [7, 11) is 1.70. The summed E-state index contributed by atoms with van der Waals surface area (Å²) in [4.78, 5) is 24.7. The molecule has 0 fully saturated rings. The number of benzene rings is 4. The molecule has 0 unspecified atom stereocenters. The van der Waals surface area contributed by atoms with Crippen LogP contribution in [0.15, 0.2) is 84.9 Å². The van der Waals surface area contributed by atoms with Crippen molar-refractivity contribution >= 4 is 33.1 Å². The molecule has 7 rings (SSSR count). The highest BCUT2D eigenvalue weighted by molar-refractivity contribution is 5.88. The van der Waals surface area contributed by atoms with Gasteiger partial charge in [-0.05, 0) is 59.7 Å². The Labute approximate surface area is 212 Å². The Balaban J connectivity index is 1.21. The summed E-state index contributed by atoms with van der Waals surface area (Å²) in [6.45, 7) is 0.637. The number of methoxy groups -OCH3 is 1. The number of imidazole rings is 3. The van der Waals surface area contributed by atoms with Crippen molar-refractivity contribution in [3.8, 4) is 33.9 Å². The topological polar surface area (TPSA) is 95.3 Å². The number of nitrogens with one attached hydrogen (secondary N) is 3. The second-order valence-corrected chi connectivity index (χ2v) is 9.16. The van der Waals surface area contributed by atoms with Crippen molar-refractivity contribution in [3.63, 3.8) is 0 Å². The van der Waals surface area contributed by atoms with Gasteiger partial charge in [0.2, 0.25) is 0 Å². The van der Waals surface area contributed by atoms with Crippen molar-refractivity contribution in [2.45, 2.75) is 6.42 Å². The molecule has 37 heavy (non-hydrogen) atoms. The largest absolute Gasteiger partial charge is 0.384 e. The van der Waals surface area contributed by atoms with E-state index in [2.05, 4.69) is 80.6 Å². The van der Waals surface area contributed by atoms with Gasteiger partial charge in [-0.15, -0.1) is 0 Å². The zero-order valence-corrected chi connectivity index (χ0v) is 20.2. The van der Waals surface area contributed by atoms with Crippen LogP contribution < -0.4 is 0 Å². The van der Waals surface area contributed by atoms with E-state index in [1.54, 1.807) is 7.11 Å². The molecule has 7 nitrogen and oxygen atoms in total. The molecule has 0 saturated heterocycles. The van der Waals surface area contributed by atoms with E-state index in [1.807, 2.05) is 24.3 Å². The zero-order chi connectivity index (χ0) is 24.8. The molecule has 0 aliphatic rings. The molecular formula is C30H24N6O. The molecule has 0 radical (unpaired) electrons. The fourth-order valence-electron chi connectivity index (χ4n) is 4.78. The van der Waals surface area contributed by atoms with Gasteiger partial charge in [-0.1, -0.05) is 36.4 Å². The summed E-state index contributed by atoms with van der Waals surface area (Å²) in [6, 6.07) is 29.1. The van der Waals surface area contributed by atoms with Crippen LogP contribution >= 0.6 is 0 Å². The Morgan fingerprint density at radius 1 is 0.568 bits per heavy atom. The third-order valence-electron chi connectivity index (χ3n) is 6.69.